The predicted molar refractivity (Wildman–Crippen MR) is 89.9 cm³/mol. The zero-order valence-corrected chi connectivity index (χ0v) is 12.8. The van der Waals surface area contributed by atoms with Crippen molar-refractivity contribution in [1.29, 1.82) is 0 Å². The van der Waals surface area contributed by atoms with Crippen LogP contribution in [0.25, 0.3) is 0 Å². The number of nitrogens with one attached hydrogen (secondary N) is 2. The second kappa shape index (κ2) is 7.05. The van der Waals surface area contributed by atoms with E-state index in [4.69, 9.17) is 0 Å². The topological polar surface area (TPSA) is 44.3 Å². The molecule has 1 atom stereocenters. The lowest BCUT2D eigenvalue weighted by molar-refractivity contribution is -0.00231. The molecule has 3 nitrogen and oxygen atoms in total. The summed E-state index contributed by atoms with van der Waals surface area (Å²) >= 11 is 0. The molecule has 0 spiro atoms. The highest BCUT2D eigenvalue weighted by molar-refractivity contribution is 5.23. The molecule has 2 aromatic carbocycles. The number of aliphatic hydroxyl groups is 1. The Morgan fingerprint density at radius 2 is 1.41 bits per heavy atom. The molecule has 0 aliphatic carbocycles. The first-order valence-electron chi connectivity index (χ1n) is 8.01. The standard InChI is InChI=1S/C19H24N2O/c22-19(18-15-20-11-12-21-18,13-16-7-3-1-4-8-16)14-17-9-5-2-6-10-17/h1-10,18,20-22H,11-15H2/t18-/m0/s1. The molecule has 0 amide bonds. The molecule has 1 fully saturated rings. The maximum absolute atomic E-state index is 11.4. The fourth-order valence-corrected chi connectivity index (χ4v) is 3.24. The van der Waals surface area contributed by atoms with E-state index in [1.165, 1.54) is 11.1 Å². The van der Waals surface area contributed by atoms with Gasteiger partial charge in [0.1, 0.15) is 0 Å². The molecule has 3 rings (SSSR count). The van der Waals surface area contributed by atoms with Gasteiger partial charge in [-0.25, -0.2) is 0 Å². The Bertz CT molecular complexity index is 523. The van der Waals surface area contributed by atoms with Gasteiger partial charge in [0, 0.05) is 38.5 Å². The van der Waals surface area contributed by atoms with Crippen molar-refractivity contribution >= 4 is 0 Å². The molecule has 0 saturated carbocycles. The lowest BCUT2D eigenvalue weighted by atomic mass is 9.81. The van der Waals surface area contributed by atoms with E-state index in [1.807, 2.05) is 36.4 Å². The highest BCUT2D eigenvalue weighted by atomic mass is 16.3. The number of piperazine rings is 1. The molecular weight excluding hydrogens is 272 g/mol. The summed E-state index contributed by atoms with van der Waals surface area (Å²) in [7, 11) is 0. The summed E-state index contributed by atoms with van der Waals surface area (Å²) in [6.07, 6.45) is 1.31. The van der Waals surface area contributed by atoms with Crippen molar-refractivity contribution < 1.29 is 5.11 Å². The Labute approximate surface area is 132 Å². The van der Waals surface area contributed by atoms with E-state index >= 15 is 0 Å². The summed E-state index contributed by atoms with van der Waals surface area (Å²) in [5.74, 6) is 0. The summed E-state index contributed by atoms with van der Waals surface area (Å²) in [5.41, 5.74) is 1.55. The van der Waals surface area contributed by atoms with Gasteiger partial charge in [-0.3, -0.25) is 0 Å². The molecular formula is C19H24N2O. The second-order valence-corrected chi connectivity index (χ2v) is 6.14. The maximum atomic E-state index is 11.4. The number of hydrogen-bond acceptors (Lipinski definition) is 3. The van der Waals surface area contributed by atoms with Crippen molar-refractivity contribution in [2.24, 2.45) is 0 Å². The molecule has 1 heterocycles. The van der Waals surface area contributed by atoms with Crippen LogP contribution in [-0.4, -0.2) is 36.4 Å². The third-order valence-corrected chi connectivity index (χ3v) is 4.40. The van der Waals surface area contributed by atoms with Crippen LogP contribution in [0.1, 0.15) is 11.1 Å². The van der Waals surface area contributed by atoms with Crippen LogP contribution in [0.3, 0.4) is 0 Å². The molecule has 1 aliphatic heterocycles. The number of rotatable bonds is 5. The molecule has 1 saturated heterocycles. The van der Waals surface area contributed by atoms with Gasteiger partial charge in [0.25, 0.3) is 0 Å². The Balaban J connectivity index is 1.83. The molecule has 116 valence electrons. The van der Waals surface area contributed by atoms with Gasteiger partial charge in [-0.05, 0) is 11.1 Å². The van der Waals surface area contributed by atoms with Crippen LogP contribution in [0.5, 0.6) is 0 Å². The van der Waals surface area contributed by atoms with E-state index in [0.29, 0.717) is 12.8 Å². The minimum Gasteiger partial charge on any atom is -0.388 e. The van der Waals surface area contributed by atoms with Crippen molar-refractivity contribution in [3.63, 3.8) is 0 Å². The van der Waals surface area contributed by atoms with Crippen molar-refractivity contribution in [3.05, 3.63) is 71.8 Å². The first-order valence-corrected chi connectivity index (χ1v) is 8.01. The highest BCUT2D eigenvalue weighted by Gasteiger charge is 2.37. The maximum Gasteiger partial charge on any atom is 0.0892 e. The SMILES string of the molecule is OC(Cc1ccccc1)(Cc1ccccc1)[C@@H]1CNCCN1. The van der Waals surface area contributed by atoms with Crippen LogP contribution >= 0.6 is 0 Å². The van der Waals surface area contributed by atoms with Crippen molar-refractivity contribution in [1.82, 2.24) is 10.6 Å². The van der Waals surface area contributed by atoms with E-state index in [0.717, 1.165) is 19.6 Å². The van der Waals surface area contributed by atoms with E-state index in [9.17, 15) is 5.11 Å². The summed E-state index contributed by atoms with van der Waals surface area (Å²) in [6, 6.07) is 20.6. The molecule has 3 N–H and O–H groups in total. The first-order chi connectivity index (χ1) is 10.8. The Morgan fingerprint density at radius 3 is 1.86 bits per heavy atom. The molecule has 0 radical (unpaired) electrons. The van der Waals surface area contributed by atoms with Gasteiger partial charge in [-0.2, -0.15) is 0 Å². The average molecular weight is 296 g/mol. The third-order valence-electron chi connectivity index (χ3n) is 4.40. The van der Waals surface area contributed by atoms with E-state index in [2.05, 4.69) is 34.9 Å². The largest absolute Gasteiger partial charge is 0.388 e. The Morgan fingerprint density at radius 1 is 0.864 bits per heavy atom. The number of hydrogen-bond donors (Lipinski definition) is 3. The minimum atomic E-state index is -0.796. The van der Waals surface area contributed by atoms with Crippen LogP contribution in [0.15, 0.2) is 60.7 Å². The van der Waals surface area contributed by atoms with Crippen LogP contribution in [0.2, 0.25) is 0 Å². The fraction of sp³-hybridized carbons (Fsp3) is 0.368. The van der Waals surface area contributed by atoms with E-state index in [1.54, 1.807) is 0 Å². The average Bonchev–Trinajstić information content (AvgIpc) is 2.57. The van der Waals surface area contributed by atoms with Crippen LogP contribution < -0.4 is 10.6 Å². The Kier molecular flexibility index (Phi) is 4.88. The minimum absolute atomic E-state index is 0.0571. The third kappa shape index (κ3) is 3.74. The van der Waals surface area contributed by atoms with Gasteiger partial charge >= 0.3 is 0 Å². The van der Waals surface area contributed by atoms with E-state index < -0.39 is 5.60 Å². The zero-order chi connectivity index (χ0) is 15.3. The Hall–Kier alpha value is -1.68. The van der Waals surface area contributed by atoms with Crippen LogP contribution in [0.4, 0.5) is 0 Å². The summed E-state index contributed by atoms with van der Waals surface area (Å²) in [4.78, 5) is 0. The summed E-state index contributed by atoms with van der Waals surface area (Å²) in [5, 5.41) is 18.3. The summed E-state index contributed by atoms with van der Waals surface area (Å²) in [6.45, 7) is 2.66. The molecule has 22 heavy (non-hydrogen) atoms. The van der Waals surface area contributed by atoms with Gasteiger partial charge in [-0.1, -0.05) is 60.7 Å². The van der Waals surface area contributed by atoms with Crippen molar-refractivity contribution in [2.75, 3.05) is 19.6 Å². The molecule has 1 aliphatic rings. The van der Waals surface area contributed by atoms with Crippen LogP contribution in [0, 0.1) is 0 Å². The monoisotopic (exact) mass is 296 g/mol. The second-order valence-electron chi connectivity index (χ2n) is 6.14. The van der Waals surface area contributed by atoms with Gasteiger partial charge in [0.05, 0.1) is 5.60 Å². The fourth-order valence-electron chi connectivity index (χ4n) is 3.24. The normalized spacial score (nSPS) is 19.0. The summed E-state index contributed by atoms with van der Waals surface area (Å²) < 4.78 is 0. The predicted octanol–water partition coefficient (Wildman–Crippen LogP) is 1.76. The molecule has 0 unspecified atom stereocenters. The number of benzene rings is 2. The van der Waals surface area contributed by atoms with Gasteiger partial charge in [-0.15, -0.1) is 0 Å². The van der Waals surface area contributed by atoms with Gasteiger partial charge < -0.3 is 15.7 Å². The van der Waals surface area contributed by atoms with Crippen molar-refractivity contribution in [3.8, 4) is 0 Å². The van der Waals surface area contributed by atoms with E-state index in [-0.39, 0.29) is 6.04 Å². The molecule has 3 heteroatoms. The highest BCUT2D eigenvalue weighted by Crippen LogP contribution is 2.23. The molecule has 0 bridgehead atoms. The molecule has 0 aromatic heterocycles. The lowest BCUT2D eigenvalue weighted by Gasteiger charge is -2.40. The smallest absolute Gasteiger partial charge is 0.0892 e. The quantitative estimate of drug-likeness (QED) is 0.788. The van der Waals surface area contributed by atoms with Crippen LogP contribution in [-0.2, 0) is 12.8 Å². The van der Waals surface area contributed by atoms with Gasteiger partial charge in [0.2, 0.25) is 0 Å². The van der Waals surface area contributed by atoms with Gasteiger partial charge in [0.15, 0.2) is 0 Å². The zero-order valence-electron chi connectivity index (χ0n) is 12.8. The first kappa shape index (κ1) is 15.2. The lowest BCUT2D eigenvalue weighted by Crippen LogP contribution is -2.62. The van der Waals surface area contributed by atoms with Crippen molar-refractivity contribution in [2.45, 2.75) is 24.5 Å². The molecule has 2 aromatic rings.